The van der Waals surface area contributed by atoms with Crippen LogP contribution in [-0.4, -0.2) is 58.4 Å². The number of hydrogen-bond acceptors (Lipinski definition) is 4. The van der Waals surface area contributed by atoms with E-state index in [1.165, 1.54) is 13.8 Å². The van der Waals surface area contributed by atoms with E-state index in [-0.39, 0.29) is 75.6 Å². The maximum atomic E-state index is 11.4. The molecule has 3 unspecified atom stereocenters. The number of unbranched alkanes of at least 4 members (excludes halogenated alkanes) is 3. The van der Waals surface area contributed by atoms with Crippen LogP contribution in [0.5, 0.6) is 0 Å². The Hall–Kier alpha value is 0.236. The Kier molecular flexibility index (Phi) is 15.0. The van der Waals surface area contributed by atoms with E-state index in [4.69, 9.17) is 0 Å². The predicted octanol–water partition coefficient (Wildman–Crippen LogP) is -2.45. The number of carboxylic acids is 2. The zero-order valence-corrected chi connectivity index (χ0v) is 17.9. The molecule has 2 N–H and O–H groups in total. The SMILES string of the molecule is CCCCC/C=C/C[N+](CCO)(C(C)C(=O)[O-])C(C)C(=O)O.[K+]. The second-order valence-electron chi connectivity index (χ2n) is 5.71. The molecule has 0 aliphatic rings. The molecule has 0 aromatic rings. The molecule has 0 aliphatic carbocycles. The van der Waals surface area contributed by atoms with Crippen molar-refractivity contribution in [2.24, 2.45) is 0 Å². The molecule has 0 aromatic heterocycles. The van der Waals surface area contributed by atoms with Gasteiger partial charge in [-0.25, -0.2) is 4.79 Å². The summed E-state index contributed by atoms with van der Waals surface area (Å²) in [6.45, 7) is 5.05. The quantitative estimate of drug-likeness (QED) is 0.175. The van der Waals surface area contributed by atoms with Gasteiger partial charge in [-0.3, -0.25) is 0 Å². The molecule has 128 valence electrons. The van der Waals surface area contributed by atoms with Crippen molar-refractivity contribution in [1.29, 1.82) is 0 Å². The van der Waals surface area contributed by atoms with Crippen molar-refractivity contribution in [1.82, 2.24) is 0 Å². The van der Waals surface area contributed by atoms with E-state index < -0.39 is 24.0 Å². The fraction of sp³-hybridized carbons (Fsp3) is 0.750. The number of rotatable bonds is 12. The molecule has 0 spiro atoms. The molecule has 0 saturated heterocycles. The molecule has 0 heterocycles. The van der Waals surface area contributed by atoms with Crippen molar-refractivity contribution >= 4 is 11.9 Å². The van der Waals surface area contributed by atoms with Gasteiger partial charge in [0, 0.05) is 0 Å². The van der Waals surface area contributed by atoms with Gasteiger partial charge in [-0.1, -0.05) is 25.8 Å². The minimum Gasteiger partial charge on any atom is -0.544 e. The maximum Gasteiger partial charge on any atom is 1.00 e. The molecule has 23 heavy (non-hydrogen) atoms. The first-order valence-corrected chi connectivity index (χ1v) is 7.89. The largest absolute Gasteiger partial charge is 1.00 e. The van der Waals surface area contributed by atoms with E-state index in [0.717, 1.165) is 25.7 Å². The Bertz CT molecular complexity index is 367. The van der Waals surface area contributed by atoms with Crippen LogP contribution in [0.2, 0.25) is 0 Å². The fourth-order valence-corrected chi connectivity index (χ4v) is 2.65. The van der Waals surface area contributed by atoms with Gasteiger partial charge in [0.15, 0.2) is 6.04 Å². The van der Waals surface area contributed by atoms with Crippen LogP contribution in [0.25, 0.3) is 0 Å². The van der Waals surface area contributed by atoms with Gasteiger partial charge >= 0.3 is 57.4 Å². The number of allylic oxidation sites excluding steroid dienone is 1. The molecule has 0 fully saturated rings. The molecule has 7 heteroatoms. The summed E-state index contributed by atoms with van der Waals surface area (Å²) in [6, 6.07) is -1.96. The normalized spacial score (nSPS) is 16.3. The fourth-order valence-electron chi connectivity index (χ4n) is 2.65. The molecule has 0 bridgehead atoms. The zero-order chi connectivity index (χ0) is 17.2. The number of nitrogens with zero attached hydrogens (tertiary/aromatic N) is 1. The molecule has 0 aliphatic heterocycles. The predicted molar refractivity (Wildman–Crippen MR) is 81.9 cm³/mol. The Morgan fingerprint density at radius 3 is 2.22 bits per heavy atom. The Balaban J connectivity index is 0. The van der Waals surface area contributed by atoms with Crippen LogP contribution < -0.4 is 56.5 Å². The van der Waals surface area contributed by atoms with Crippen molar-refractivity contribution in [3.05, 3.63) is 12.2 Å². The van der Waals surface area contributed by atoms with Crippen LogP contribution in [0.3, 0.4) is 0 Å². The average Bonchev–Trinajstić information content (AvgIpc) is 2.47. The van der Waals surface area contributed by atoms with E-state index in [1.807, 2.05) is 12.2 Å². The molecule has 0 saturated carbocycles. The minimum absolute atomic E-state index is 0. The first kappa shape index (κ1) is 25.5. The van der Waals surface area contributed by atoms with Crippen molar-refractivity contribution < 1.29 is 80.8 Å². The monoisotopic (exact) mass is 354 g/mol. The average molecular weight is 355 g/mol. The number of quaternary nitrogens is 1. The summed E-state index contributed by atoms with van der Waals surface area (Å²) >= 11 is 0. The van der Waals surface area contributed by atoms with Crippen LogP contribution >= 0.6 is 0 Å². The summed E-state index contributed by atoms with van der Waals surface area (Å²) in [6.07, 6.45) is 7.96. The van der Waals surface area contributed by atoms with Gasteiger partial charge in [0.25, 0.3) is 0 Å². The number of aliphatic hydroxyl groups excluding tert-OH is 1. The number of hydrogen-bond donors (Lipinski definition) is 2. The van der Waals surface area contributed by atoms with Gasteiger partial charge in [0.2, 0.25) is 0 Å². The molecule has 0 rings (SSSR count). The number of aliphatic hydroxyl groups is 1. The number of aliphatic carboxylic acids is 2. The number of carboxylic acid groups (broad SMARTS) is 2. The first-order chi connectivity index (χ1) is 10.3. The van der Waals surface area contributed by atoms with Gasteiger partial charge in [-0.2, -0.15) is 0 Å². The summed E-state index contributed by atoms with van der Waals surface area (Å²) in [5, 5.41) is 29.9. The maximum absolute atomic E-state index is 11.4. The van der Waals surface area contributed by atoms with Crippen LogP contribution in [-0.2, 0) is 9.59 Å². The first-order valence-electron chi connectivity index (χ1n) is 7.89. The zero-order valence-electron chi connectivity index (χ0n) is 14.8. The summed E-state index contributed by atoms with van der Waals surface area (Å²) in [4.78, 5) is 22.7. The van der Waals surface area contributed by atoms with E-state index in [2.05, 4.69) is 6.92 Å². The second kappa shape index (κ2) is 13.5. The van der Waals surface area contributed by atoms with Crippen molar-refractivity contribution in [3.8, 4) is 0 Å². The number of carbonyl (C=O) groups excluding carboxylic acids is 1. The molecule has 3 atom stereocenters. The third-order valence-electron chi connectivity index (χ3n) is 4.34. The van der Waals surface area contributed by atoms with Crippen LogP contribution in [0.15, 0.2) is 12.2 Å². The van der Waals surface area contributed by atoms with E-state index in [0.29, 0.717) is 0 Å². The van der Waals surface area contributed by atoms with E-state index in [9.17, 15) is 24.9 Å². The topological polar surface area (TPSA) is 97.7 Å². The summed E-state index contributed by atoms with van der Waals surface area (Å²) in [5.41, 5.74) is 0. The molecular formula is C16H29KNO5+. The molecule has 0 amide bonds. The summed E-state index contributed by atoms with van der Waals surface area (Å²) in [7, 11) is 0. The summed E-state index contributed by atoms with van der Waals surface area (Å²) < 4.78 is -0.252. The van der Waals surface area contributed by atoms with Crippen molar-refractivity contribution in [2.75, 3.05) is 19.7 Å². The van der Waals surface area contributed by atoms with Gasteiger partial charge in [-0.15, -0.1) is 0 Å². The Morgan fingerprint density at radius 1 is 1.17 bits per heavy atom. The second-order valence-corrected chi connectivity index (χ2v) is 5.71. The minimum atomic E-state index is -1.30. The van der Waals surface area contributed by atoms with Gasteiger partial charge in [0.1, 0.15) is 12.6 Å². The van der Waals surface area contributed by atoms with Gasteiger partial charge in [0.05, 0.1) is 19.1 Å². The molecule has 0 radical (unpaired) electrons. The molecule has 6 nitrogen and oxygen atoms in total. The van der Waals surface area contributed by atoms with Crippen molar-refractivity contribution in [2.45, 2.75) is 58.5 Å². The van der Waals surface area contributed by atoms with Crippen molar-refractivity contribution in [3.63, 3.8) is 0 Å². The third kappa shape index (κ3) is 8.24. The smallest absolute Gasteiger partial charge is 0.544 e. The summed E-state index contributed by atoms with van der Waals surface area (Å²) in [5.74, 6) is -2.39. The van der Waals surface area contributed by atoms with Gasteiger partial charge < -0.3 is 24.6 Å². The Morgan fingerprint density at radius 2 is 1.78 bits per heavy atom. The van der Waals surface area contributed by atoms with Gasteiger partial charge in [-0.05, 0) is 32.8 Å². The van der Waals surface area contributed by atoms with Crippen LogP contribution in [0, 0.1) is 0 Å². The molecular weight excluding hydrogens is 325 g/mol. The third-order valence-corrected chi connectivity index (χ3v) is 4.34. The number of carbonyl (C=O) groups is 2. The molecule has 0 aromatic carbocycles. The van der Waals surface area contributed by atoms with E-state index in [1.54, 1.807) is 0 Å². The van der Waals surface area contributed by atoms with Crippen LogP contribution in [0.1, 0.15) is 46.5 Å². The standard InChI is InChI=1S/C16H29NO5.K/c1-4-5-6-7-8-9-10-17(11-12-18,13(2)15(19)20)14(3)16(21)22;/h8-9,13-14,18H,4-7,10-12H2,1-3H3,(H-,19,20,21,22);/q;+1/b9-8+;. The Labute approximate surface area is 181 Å². The van der Waals surface area contributed by atoms with E-state index >= 15 is 0 Å². The van der Waals surface area contributed by atoms with Crippen LogP contribution in [0.4, 0.5) is 0 Å².